The Bertz CT molecular complexity index is 1030. The van der Waals surface area contributed by atoms with Crippen molar-refractivity contribution in [3.63, 3.8) is 0 Å². The van der Waals surface area contributed by atoms with Crippen LogP contribution in [0.25, 0.3) is 0 Å². The molecular weight excluding hydrogens is 456 g/mol. The second-order valence-corrected chi connectivity index (χ2v) is 10.1. The number of piperazine rings is 1. The van der Waals surface area contributed by atoms with Crippen molar-refractivity contribution in [3.8, 4) is 0 Å². The minimum Gasteiger partial charge on any atom is -0.465 e. The molecule has 3 N–H and O–H groups in total. The summed E-state index contributed by atoms with van der Waals surface area (Å²) in [6.45, 7) is 8.42. The van der Waals surface area contributed by atoms with Crippen molar-refractivity contribution >= 4 is 35.3 Å². The Morgan fingerprint density at radius 3 is 2.21 bits per heavy atom. The SMILES string of the molecule is CC1C(C(C)(C)C)N(C(=O)O)CC(=O)N1Cc1ccc(NC(=O)NCc2ccc(Cl)cc2)cc1. The topological polar surface area (TPSA) is 102 Å². The summed E-state index contributed by atoms with van der Waals surface area (Å²) in [5.41, 5.74) is 2.12. The smallest absolute Gasteiger partial charge is 0.408 e. The molecule has 0 saturated carbocycles. The molecule has 2 unspecified atom stereocenters. The number of amides is 4. The molecule has 4 amide bonds. The fraction of sp³-hybridized carbons (Fsp3) is 0.400. The van der Waals surface area contributed by atoms with Gasteiger partial charge in [-0.1, -0.05) is 56.6 Å². The predicted octanol–water partition coefficient (Wildman–Crippen LogP) is 4.79. The van der Waals surface area contributed by atoms with Gasteiger partial charge in [0, 0.05) is 23.8 Å². The number of carboxylic acid groups (broad SMARTS) is 1. The summed E-state index contributed by atoms with van der Waals surface area (Å²) in [6.07, 6.45) is -1.08. The van der Waals surface area contributed by atoms with Gasteiger partial charge < -0.3 is 20.6 Å². The Morgan fingerprint density at radius 2 is 1.65 bits per heavy atom. The molecule has 3 rings (SSSR count). The number of anilines is 1. The van der Waals surface area contributed by atoms with Crippen molar-refractivity contribution in [3.05, 3.63) is 64.7 Å². The van der Waals surface area contributed by atoms with E-state index < -0.39 is 6.09 Å². The van der Waals surface area contributed by atoms with Gasteiger partial charge in [0.2, 0.25) is 5.91 Å². The molecular formula is C25H31ClN4O4. The molecule has 2 aromatic carbocycles. The van der Waals surface area contributed by atoms with E-state index in [0.717, 1.165) is 11.1 Å². The van der Waals surface area contributed by atoms with E-state index in [4.69, 9.17) is 11.6 Å². The maximum absolute atomic E-state index is 12.8. The molecule has 182 valence electrons. The molecule has 0 aromatic heterocycles. The zero-order valence-electron chi connectivity index (χ0n) is 19.8. The maximum atomic E-state index is 12.8. The molecule has 2 atom stereocenters. The summed E-state index contributed by atoms with van der Waals surface area (Å²) in [5.74, 6) is -0.223. The number of urea groups is 1. The van der Waals surface area contributed by atoms with Crippen LogP contribution in [0.2, 0.25) is 5.02 Å². The second-order valence-electron chi connectivity index (χ2n) is 9.61. The third kappa shape index (κ3) is 6.20. The normalized spacial score (nSPS) is 18.6. The highest BCUT2D eigenvalue weighted by Gasteiger charge is 2.45. The van der Waals surface area contributed by atoms with E-state index in [2.05, 4.69) is 10.6 Å². The van der Waals surface area contributed by atoms with Crippen molar-refractivity contribution in [2.24, 2.45) is 5.41 Å². The first-order chi connectivity index (χ1) is 16.0. The molecule has 8 nitrogen and oxygen atoms in total. The summed E-state index contributed by atoms with van der Waals surface area (Å²) in [4.78, 5) is 39.7. The van der Waals surface area contributed by atoms with E-state index in [1.165, 1.54) is 4.90 Å². The number of hydrogen-bond acceptors (Lipinski definition) is 3. The van der Waals surface area contributed by atoms with Crippen LogP contribution in [0.3, 0.4) is 0 Å². The van der Waals surface area contributed by atoms with Crippen molar-refractivity contribution in [2.45, 2.75) is 52.9 Å². The molecule has 0 radical (unpaired) electrons. The third-order valence-corrected chi connectivity index (χ3v) is 6.23. The first-order valence-electron chi connectivity index (χ1n) is 11.1. The summed E-state index contributed by atoms with van der Waals surface area (Å²) in [5, 5.41) is 15.8. The number of nitrogens with zero attached hydrogens (tertiary/aromatic N) is 2. The lowest BCUT2D eigenvalue weighted by Gasteiger charge is -2.50. The second kappa shape index (κ2) is 10.3. The molecule has 1 aliphatic rings. The van der Waals surface area contributed by atoms with Crippen LogP contribution in [0, 0.1) is 5.41 Å². The van der Waals surface area contributed by atoms with Crippen molar-refractivity contribution in [1.82, 2.24) is 15.1 Å². The Kier molecular flexibility index (Phi) is 7.71. The van der Waals surface area contributed by atoms with Gasteiger partial charge in [-0.2, -0.15) is 0 Å². The Morgan fingerprint density at radius 1 is 1.06 bits per heavy atom. The van der Waals surface area contributed by atoms with Gasteiger partial charge in [-0.25, -0.2) is 9.59 Å². The van der Waals surface area contributed by atoms with Crippen LogP contribution in [0.1, 0.15) is 38.8 Å². The lowest BCUT2D eigenvalue weighted by Crippen LogP contribution is -2.65. The van der Waals surface area contributed by atoms with Gasteiger partial charge in [-0.3, -0.25) is 9.69 Å². The van der Waals surface area contributed by atoms with Crippen molar-refractivity contribution < 1.29 is 19.5 Å². The number of hydrogen-bond donors (Lipinski definition) is 3. The Balaban J connectivity index is 1.61. The van der Waals surface area contributed by atoms with Crippen LogP contribution in [-0.4, -0.2) is 51.6 Å². The average Bonchev–Trinajstić information content (AvgIpc) is 2.76. The summed E-state index contributed by atoms with van der Waals surface area (Å²) >= 11 is 5.87. The van der Waals surface area contributed by atoms with Gasteiger partial charge in [0.15, 0.2) is 0 Å². The zero-order chi connectivity index (χ0) is 25.0. The van der Waals surface area contributed by atoms with Gasteiger partial charge >= 0.3 is 12.1 Å². The number of carbonyl (C=O) groups is 3. The molecule has 0 bridgehead atoms. The standard InChI is InChI=1S/C25H31ClN4O4/c1-16-22(25(2,3)4)30(24(33)34)15-21(31)29(16)14-18-7-11-20(12-8-18)28-23(32)27-13-17-5-9-19(26)10-6-17/h5-12,16,22H,13-15H2,1-4H3,(H,33,34)(H2,27,28,32). The summed E-state index contributed by atoms with van der Waals surface area (Å²) in [6, 6.07) is 13.6. The van der Waals surface area contributed by atoms with Gasteiger partial charge in [-0.05, 0) is 47.7 Å². The van der Waals surface area contributed by atoms with Gasteiger partial charge in [0.05, 0.1) is 12.1 Å². The van der Waals surface area contributed by atoms with E-state index in [0.29, 0.717) is 23.8 Å². The maximum Gasteiger partial charge on any atom is 0.408 e. The van der Waals surface area contributed by atoms with E-state index in [1.54, 1.807) is 29.2 Å². The first kappa shape index (κ1) is 25.4. The fourth-order valence-electron chi connectivity index (χ4n) is 4.45. The highest BCUT2D eigenvalue weighted by atomic mass is 35.5. The summed E-state index contributed by atoms with van der Waals surface area (Å²) < 4.78 is 0. The molecule has 0 aliphatic carbocycles. The molecule has 1 saturated heterocycles. The number of halogens is 1. The first-order valence-corrected chi connectivity index (χ1v) is 11.5. The number of rotatable bonds is 5. The Hall–Kier alpha value is -3.26. The van der Waals surface area contributed by atoms with Crippen LogP contribution < -0.4 is 10.6 Å². The highest BCUT2D eigenvalue weighted by molar-refractivity contribution is 6.30. The lowest BCUT2D eigenvalue weighted by atomic mass is 9.79. The average molecular weight is 487 g/mol. The van der Waals surface area contributed by atoms with Gasteiger partial charge in [-0.15, -0.1) is 0 Å². The minimum absolute atomic E-state index is 0.158. The summed E-state index contributed by atoms with van der Waals surface area (Å²) in [7, 11) is 0. The predicted molar refractivity (Wildman–Crippen MR) is 132 cm³/mol. The van der Waals surface area contributed by atoms with Crippen LogP contribution in [0.5, 0.6) is 0 Å². The lowest BCUT2D eigenvalue weighted by molar-refractivity contribution is -0.145. The number of carbonyl (C=O) groups excluding carboxylic acids is 2. The quantitative estimate of drug-likeness (QED) is 0.565. The monoisotopic (exact) mass is 486 g/mol. The molecule has 1 aliphatic heterocycles. The molecule has 34 heavy (non-hydrogen) atoms. The van der Waals surface area contributed by atoms with Crippen molar-refractivity contribution in [2.75, 3.05) is 11.9 Å². The molecule has 9 heteroatoms. The van der Waals surface area contributed by atoms with E-state index in [9.17, 15) is 19.5 Å². The highest BCUT2D eigenvalue weighted by Crippen LogP contribution is 2.33. The third-order valence-electron chi connectivity index (χ3n) is 5.97. The fourth-order valence-corrected chi connectivity index (χ4v) is 4.58. The largest absolute Gasteiger partial charge is 0.465 e. The molecule has 1 fully saturated rings. The van der Waals surface area contributed by atoms with E-state index in [1.807, 2.05) is 52.0 Å². The zero-order valence-corrected chi connectivity index (χ0v) is 20.6. The number of nitrogens with one attached hydrogen (secondary N) is 2. The minimum atomic E-state index is -1.08. The van der Waals surface area contributed by atoms with Crippen LogP contribution in [0.15, 0.2) is 48.5 Å². The van der Waals surface area contributed by atoms with Crippen LogP contribution >= 0.6 is 11.6 Å². The van der Waals surface area contributed by atoms with Gasteiger partial charge in [0.1, 0.15) is 6.54 Å². The van der Waals surface area contributed by atoms with Crippen LogP contribution in [0.4, 0.5) is 15.3 Å². The molecule has 1 heterocycles. The molecule has 0 spiro atoms. The van der Waals surface area contributed by atoms with E-state index >= 15 is 0 Å². The Labute approximate surface area is 204 Å². The van der Waals surface area contributed by atoms with E-state index in [-0.39, 0.29) is 36.0 Å². The van der Waals surface area contributed by atoms with Gasteiger partial charge in [0.25, 0.3) is 0 Å². The number of benzene rings is 2. The van der Waals surface area contributed by atoms with Crippen LogP contribution in [-0.2, 0) is 17.9 Å². The van der Waals surface area contributed by atoms with Crippen molar-refractivity contribution in [1.29, 1.82) is 0 Å². The molecule has 2 aromatic rings.